The molecule has 1 atom stereocenters. The normalized spacial score (nSPS) is 17.7. The van der Waals surface area contributed by atoms with E-state index in [4.69, 9.17) is 9.81 Å². The number of alkyl halides is 8. The molecule has 0 saturated heterocycles. The predicted octanol–water partition coefficient (Wildman–Crippen LogP) is 1.83. The lowest BCUT2D eigenvalue weighted by atomic mass is 10.3. The molecule has 0 aliphatic carbocycles. The highest BCUT2D eigenvalue weighted by atomic mass is 32.2. The van der Waals surface area contributed by atoms with Crippen LogP contribution >= 0.6 is 0 Å². The van der Waals surface area contributed by atoms with Crippen LogP contribution in [0.3, 0.4) is 0 Å². The van der Waals surface area contributed by atoms with Crippen LogP contribution in [0.2, 0.25) is 0 Å². The van der Waals surface area contributed by atoms with E-state index in [9.17, 15) is 43.5 Å². The highest BCUT2D eigenvalue weighted by molar-refractivity contribution is 7.86. The van der Waals surface area contributed by atoms with Gasteiger partial charge in [-0.15, -0.1) is 0 Å². The zero-order valence-electron chi connectivity index (χ0n) is 8.05. The first-order chi connectivity index (χ1) is 8.02. The summed E-state index contributed by atoms with van der Waals surface area (Å²) < 4.78 is 127. The number of halogens is 8. The molecule has 0 aromatic heterocycles. The Morgan fingerprint density at radius 2 is 1.37 bits per heavy atom. The molecule has 14 heteroatoms. The molecule has 0 fully saturated rings. The Kier molecular flexibility index (Phi) is 4.14. The molecule has 0 heterocycles. The van der Waals surface area contributed by atoms with Gasteiger partial charge < -0.3 is 0 Å². The second-order valence-electron chi connectivity index (χ2n) is 2.82. The predicted molar refractivity (Wildman–Crippen MR) is 38.0 cm³/mol. The van der Waals surface area contributed by atoms with Gasteiger partial charge >= 0.3 is 33.5 Å². The Morgan fingerprint density at radius 3 is 1.58 bits per heavy atom. The van der Waals surface area contributed by atoms with Crippen LogP contribution in [0.1, 0.15) is 0 Å². The highest BCUT2D eigenvalue weighted by Gasteiger charge is 2.74. The average Bonchev–Trinajstić information content (AvgIpc) is 2.12. The summed E-state index contributed by atoms with van der Waals surface area (Å²) in [5.41, 5.74) is 0. The lowest BCUT2D eigenvalue weighted by Crippen LogP contribution is -2.56. The summed E-state index contributed by atoms with van der Waals surface area (Å²) in [6.07, 6.45) is -13.2. The van der Waals surface area contributed by atoms with Crippen molar-refractivity contribution >= 4 is 10.1 Å². The van der Waals surface area contributed by atoms with E-state index in [1.54, 1.807) is 0 Å². The maximum absolute atomic E-state index is 12.6. The Balaban J connectivity index is 5.70. The molecule has 1 unspecified atom stereocenters. The fourth-order valence-electron chi connectivity index (χ4n) is 0.530. The van der Waals surface area contributed by atoms with Crippen molar-refractivity contribution in [2.24, 2.45) is 0 Å². The molecular formula is C5HF8NO4S. The van der Waals surface area contributed by atoms with Crippen LogP contribution in [-0.2, 0) is 14.9 Å². The topological polar surface area (TPSA) is 87.4 Å². The average molecular weight is 323 g/mol. The molecule has 0 amide bonds. The van der Waals surface area contributed by atoms with Gasteiger partial charge in [-0.1, -0.05) is 0 Å². The number of hydrogen-bond acceptors (Lipinski definition) is 4. The van der Waals surface area contributed by atoms with Crippen LogP contribution in [0.15, 0.2) is 0 Å². The Hall–Kier alpha value is -1.20. The molecule has 0 aliphatic heterocycles. The molecule has 0 spiro atoms. The van der Waals surface area contributed by atoms with Gasteiger partial charge in [-0.3, -0.25) is 9.29 Å². The van der Waals surface area contributed by atoms with Crippen LogP contribution < -0.4 is 0 Å². The van der Waals surface area contributed by atoms with Crippen LogP contribution in [0, 0.1) is 11.3 Å². The number of rotatable bonds is 4. The number of nitrogens with zero attached hydrogens (tertiary/aromatic N) is 1. The van der Waals surface area contributed by atoms with Crippen molar-refractivity contribution < 1.29 is 52.8 Å². The van der Waals surface area contributed by atoms with Crippen molar-refractivity contribution in [2.45, 2.75) is 23.4 Å². The first-order valence-corrected chi connectivity index (χ1v) is 5.05. The molecule has 0 aromatic rings. The highest BCUT2D eigenvalue weighted by Crippen LogP contribution is 2.46. The van der Waals surface area contributed by atoms with E-state index >= 15 is 0 Å². The van der Waals surface area contributed by atoms with Crippen molar-refractivity contribution in [1.29, 1.82) is 5.26 Å². The van der Waals surface area contributed by atoms with Crippen LogP contribution in [0.4, 0.5) is 35.1 Å². The number of ether oxygens (including phenoxy) is 1. The third-order valence-electron chi connectivity index (χ3n) is 1.44. The zero-order chi connectivity index (χ0) is 15.9. The van der Waals surface area contributed by atoms with Gasteiger partial charge in [0.15, 0.2) is 0 Å². The molecule has 0 aliphatic rings. The summed E-state index contributed by atoms with van der Waals surface area (Å²) in [6, 6.07) is -0.506. The van der Waals surface area contributed by atoms with Crippen LogP contribution in [0.5, 0.6) is 0 Å². The van der Waals surface area contributed by atoms with Gasteiger partial charge in [-0.2, -0.15) is 48.8 Å². The molecule has 0 radical (unpaired) electrons. The molecule has 112 valence electrons. The zero-order valence-corrected chi connectivity index (χ0v) is 8.87. The molecule has 0 rings (SSSR count). The third-order valence-corrected chi connectivity index (χ3v) is 2.33. The first kappa shape index (κ1) is 17.8. The molecule has 0 bridgehead atoms. The van der Waals surface area contributed by atoms with Gasteiger partial charge in [0.05, 0.1) is 0 Å². The summed E-state index contributed by atoms with van der Waals surface area (Å²) in [7, 11) is -6.94. The smallest absolute Gasteiger partial charge is 0.281 e. The van der Waals surface area contributed by atoms with Gasteiger partial charge in [0, 0.05) is 0 Å². The standard InChI is InChI=1S/C5HF8NO4S/c6-2(1-14,3(7,8)9)18-4(10,11)5(12,13)19(15,16)17/h(H,15,16,17). The lowest BCUT2D eigenvalue weighted by Gasteiger charge is -2.29. The van der Waals surface area contributed by atoms with Crippen molar-refractivity contribution in [3.8, 4) is 6.07 Å². The van der Waals surface area contributed by atoms with E-state index in [1.165, 1.54) is 0 Å². The fraction of sp³-hybridized carbons (Fsp3) is 0.800. The Morgan fingerprint density at radius 1 is 1.00 bits per heavy atom. The quantitative estimate of drug-likeness (QED) is 0.630. The van der Waals surface area contributed by atoms with Gasteiger partial charge in [0.1, 0.15) is 6.07 Å². The third kappa shape index (κ3) is 3.04. The van der Waals surface area contributed by atoms with E-state index in [0.29, 0.717) is 0 Å². The van der Waals surface area contributed by atoms with E-state index in [0.717, 1.165) is 0 Å². The van der Waals surface area contributed by atoms with Crippen molar-refractivity contribution in [2.75, 3.05) is 0 Å². The first-order valence-electron chi connectivity index (χ1n) is 3.61. The summed E-state index contributed by atoms with van der Waals surface area (Å²) in [5.74, 6) is -5.91. The van der Waals surface area contributed by atoms with Crippen LogP contribution in [-0.4, -0.2) is 36.4 Å². The second-order valence-corrected chi connectivity index (χ2v) is 4.28. The maximum Gasteiger partial charge on any atom is 0.463 e. The molecule has 5 nitrogen and oxygen atoms in total. The Bertz CT molecular complexity index is 492. The lowest BCUT2D eigenvalue weighted by molar-refractivity contribution is -0.420. The van der Waals surface area contributed by atoms with E-state index in [1.807, 2.05) is 4.74 Å². The number of hydrogen-bond donors (Lipinski definition) is 1. The molecule has 19 heavy (non-hydrogen) atoms. The van der Waals surface area contributed by atoms with Crippen molar-refractivity contribution in [3.05, 3.63) is 0 Å². The van der Waals surface area contributed by atoms with Gasteiger partial charge in [0.25, 0.3) is 0 Å². The van der Waals surface area contributed by atoms with E-state index in [2.05, 4.69) is 0 Å². The monoisotopic (exact) mass is 323 g/mol. The SMILES string of the molecule is N#CC(F)(OC(F)(F)C(F)(F)S(=O)(=O)O)C(F)(F)F. The van der Waals surface area contributed by atoms with Crippen LogP contribution in [0.25, 0.3) is 0 Å². The minimum Gasteiger partial charge on any atom is -0.281 e. The van der Waals surface area contributed by atoms with Gasteiger partial charge in [0.2, 0.25) is 0 Å². The maximum atomic E-state index is 12.6. The van der Waals surface area contributed by atoms with Crippen molar-refractivity contribution in [3.63, 3.8) is 0 Å². The summed E-state index contributed by atoms with van der Waals surface area (Å²) in [4.78, 5) is 0. The van der Waals surface area contributed by atoms with Crippen molar-refractivity contribution in [1.82, 2.24) is 0 Å². The largest absolute Gasteiger partial charge is 0.463 e. The molecular weight excluding hydrogens is 322 g/mol. The second kappa shape index (κ2) is 4.42. The summed E-state index contributed by atoms with van der Waals surface area (Å²) in [6.45, 7) is 0. The molecule has 0 saturated carbocycles. The minimum atomic E-state index is -6.94. The molecule has 0 aromatic carbocycles. The minimum absolute atomic E-state index is 0.506. The Labute approximate surface area is 98.7 Å². The van der Waals surface area contributed by atoms with Gasteiger partial charge in [-0.25, -0.2) is 0 Å². The van der Waals surface area contributed by atoms with E-state index in [-0.39, 0.29) is 0 Å². The van der Waals surface area contributed by atoms with Gasteiger partial charge in [-0.05, 0) is 0 Å². The fourth-order valence-corrected chi connectivity index (χ4v) is 0.872. The molecule has 1 N–H and O–H groups in total. The summed E-state index contributed by atoms with van der Waals surface area (Å²) in [5, 5.41) is 1.08. The van der Waals surface area contributed by atoms with E-state index < -0.39 is 39.6 Å². The number of nitriles is 1. The summed E-state index contributed by atoms with van der Waals surface area (Å²) >= 11 is 0.